The molecule has 3 heterocycles. The fourth-order valence-electron chi connectivity index (χ4n) is 3.99. The number of aryl methyl sites for hydroxylation is 2. The summed E-state index contributed by atoms with van der Waals surface area (Å²) < 4.78 is 3.80. The second-order valence-electron chi connectivity index (χ2n) is 7.79. The molecule has 1 amide bonds. The van der Waals surface area contributed by atoms with Crippen molar-refractivity contribution in [1.29, 1.82) is 0 Å². The molecule has 9 nitrogen and oxygen atoms in total. The van der Waals surface area contributed by atoms with Gasteiger partial charge in [0.2, 0.25) is 5.91 Å². The molecule has 3 aromatic rings. The summed E-state index contributed by atoms with van der Waals surface area (Å²) in [6.45, 7) is 3.09. The van der Waals surface area contributed by atoms with Crippen LogP contribution in [0.25, 0.3) is 11.2 Å². The minimum absolute atomic E-state index is 0.292. The molecule has 0 saturated carbocycles. The quantitative estimate of drug-likeness (QED) is 0.633. The maximum absolute atomic E-state index is 12.7. The minimum Gasteiger partial charge on any atom is -0.350 e. The number of rotatable bonds is 6. The van der Waals surface area contributed by atoms with Gasteiger partial charge < -0.3 is 9.88 Å². The third-order valence-electron chi connectivity index (χ3n) is 5.69. The Labute approximate surface area is 173 Å². The Morgan fingerprint density at radius 3 is 2.53 bits per heavy atom. The number of likely N-dealkylation sites (tertiary alicyclic amines) is 1. The Kier molecular flexibility index (Phi) is 5.54. The van der Waals surface area contributed by atoms with E-state index in [2.05, 4.69) is 21.3 Å². The Morgan fingerprint density at radius 2 is 1.80 bits per heavy atom. The van der Waals surface area contributed by atoms with Crippen LogP contribution in [0.4, 0.5) is 0 Å². The van der Waals surface area contributed by atoms with Gasteiger partial charge in [0.05, 0.1) is 6.33 Å². The Balaban J connectivity index is 1.50. The maximum atomic E-state index is 12.7. The van der Waals surface area contributed by atoms with Crippen molar-refractivity contribution in [2.75, 3.05) is 13.1 Å². The van der Waals surface area contributed by atoms with Crippen molar-refractivity contribution in [3.8, 4) is 0 Å². The molecule has 158 valence electrons. The van der Waals surface area contributed by atoms with E-state index in [9.17, 15) is 14.4 Å². The van der Waals surface area contributed by atoms with Crippen LogP contribution in [-0.2, 0) is 38.5 Å². The first-order chi connectivity index (χ1) is 14.5. The van der Waals surface area contributed by atoms with E-state index in [1.807, 2.05) is 18.2 Å². The topological polar surface area (TPSA) is 94.2 Å². The van der Waals surface area contributed by atoms with Crippen molar-refractivity contribution in [3.63, 3.8) is 0 Å². The van der Waals surface area contributed by atoms with E-state index >= 15 is 0 Å². The molecule has 1 fully saturated rings. The molecule has 0 unspecified atom stereocenters. The van der Waals surface area contributed by atoms with E-state index in [-0.39, 0.29) is 12.5 Å². The second-order valence-corrected chi connectivity index (χ2v) is 7.79. The molecule has 2 aromatic heterocycles. The molecule has 1 N–H and O–H groups in total. The molecule has 0 spiro atoms. The highest BCUT2D eigenvalue weighted by molar-refractivity contribution is 5.76. The van der Waals surface area contributed by atoms with E-state index in [0.29, 0.717) is 17.7 Å². The zero-order valence-corrected chi connectivity index (χ0v) is 17.3. The number of nitrogens with one attached hydrogen (secondary N) is 1. The summed E-state index contributed by atoms with van der Waals surface area (Å²) in [5.41, 5.74) is 1.75. The average Bonchev–Trinajstić information content (AvgIpc) is 3.38. The third kappa shape index (κ3) is 3.80. The number of carbonyl (C=O) groups is 1. The van der Waals surface area contributed by atoms with Gasteiger partial charge in [-0.2, -0.15) is 0 Å². The van der Waals surface area contributed by atoms with Crippen molar-refractivity contribution < 1.29 is 4.79 Å². The van der Waals surface area contributed by atoms with Crippen LogP contribution in [0.3, 0.4) is 0 Å². The van der Waals surface area contributed by atoms with Crippen molar-refractivity contribution in [2.45, 2.75) is 32.5 Å². The molecule has 1 saturated heterocycles. The van der Waals surface area contributed by atoms with Crippen molar-refractivity contribution in [2.24, 2.45) is 14.1 Å². The summed E-state index contributed by atoms with van der Waals surface area (Å²) >= 11 is 0. The average molecular weight is 410 g/mol. The zero-order valence-electron chi connectivity index (χ0n) is 17.3. The van der Waals surface area contributed by atoms with E-state index in [4.69, 9.17) is 0 Å². The molecule has 9 heteroatoms. The zero-order chi connectivity index (χ0) is 21.3. The third-order valence-corrected chi connectivity index (χ3v) is 5.69. The first kappa shape index (κ1) is 20.1. The Bertz CT molecular complexity index is 1200. The first-order valence-electron chi connectivity index (χ1n) is 10.1. The molecule has 0 aliphatic carbocycles. The smallest absolute Gasteiger partial charge is 0.332 e. The Morgan fingerprint density at radius 1 is 1.10 bits per heavy atom. The fraction of sp³-hybridized carbons (Fsp3) is 0.429. The predicted octanol–water partition coefficient (Wildman–Crippen LogP) is 0.346. The monoisotopic (exact) mass is 410 g/mol. The van der Waals surface area contributed by atoms with Crippen LogP contribution in [0.5, 0.6) is 0 Å². The van der Waals surface area contributed by atoms with Gasteiger partial charge in [0.15, 0.2) is 11.2 Å². The summed E-state index contributed by atoms with van der Waals surface area (Å²) in [4.78, 5) is 44.4. The summed E-state index contributed by atoms with van der Waals surface area (Å²) in [7, 11) is 3.23. The number of imidazole rings is 1. The van der Waals surface area contributed by atoms with Gasteiger partial charge in [0, 0.05) is 27.2 Å². The molecule has 0 radical (unpaired) electrons. The standard InChI is InChI=1S/C21H26N6O3/c1-24-14-23-19-18(24)20(29)27(21(30)25(19)2)13-17(28)22-11-15-7-3-4-8-16(15)12-26-9-5-6-10-26/h3-4,7-8,14H,5-6,9-13H2,1-2H3,(H,22,28). The number of nitrogens with zero attached hydrogens (tertiary/aromatic N) is 5. The van der Waals surface area contributed by atoms with Crippen LogP contribution in [0.15, 0.2) is 40.2 Å². The van der Waals surface area contributed by atoms with Crippen molar-refractivity contribution in [3.05, 3.63) is 62.6 Å². The molecule has 0 bridgehead atoms. The van der Waals surface area contributed by atoms with Gasteiger partial charge in [-0.15, -0.1) is 0 Å². The van der Waals surface area contributed by atoms with Crippen LogP contribution in [0.2, 0.25) is 0 Å². The second kappa shape index (κ2) is 8.27. The molecule has 30 heavy (non-hydrogen) atoms. The number of benzene rings is 1. The maximum Gasteiger partial charge on any atom is 0.332 e. The number of amides is 1. The van der Waals surface area contributed by atoms with Gasteiger partial charge in [-0.3, -0.25) is 19.1 Å². The van der Waals surface area contributed by atoms with Crippen LogP contribution >= 0.6 is 0 Å². The van der Waals surface area contributed by atoms with E-state index < -0.39 is 11.2 Å². The highest BCUT2D eigenvalue weighted by Crippen LogP contribution is 2.16. The van der Waals surface area contributed by atoms with E-state index in [1.165, 1.54) is 29.3 Å². The lowest BCUT2D eigenvalue weighted by molar-refractivity contribution is -0.121. The SMILES string of the molecule is Cn1cnc2c1c(=O)n(CC(=O)NCc1ccccc1CN1CCCC1)c(=O)n2C. The highest BCUT2D eigenvalue weighted by atomic mass is 16.2. The summed E-state index contributed by atoms with van der Waals surface area (Å²) in [5, 5.41) is 2.86. The number of aromatic nitrogens is 4. The van der Waals surface area contributed by atoms with Crippen molar-refractivity contribution >= 4 is 17.1 Å². The molecular formula is C21H26N6O3. The molecule has 4 rings (SSSR count). The lowest BCUT2D eigenvalue weighted by Crippen LogP contribution is -2.43. The van der Waals surface area contributed by atoms with E-state index in [0.717, 1.165) is 29.8 Å². The molecule has 1 aromatic carbocycles. The normalized spacial score (nSPS) is 14.5. The van der Waals surface area contributed by atoms with Crippen LogP contribution in [-0.4, -0.2) is 42.6 Å². The summed E-state index contributed by atoms with van der Waals surface area (Å²) in [5.74, 6) is -0.383. The van der Waals surface area contributed by atoms with Crippen molar-refractivity contribution in [1.82, 2.24) is 28.9 Å². The van der Waals surface area contributed by atoms with Crippen LogP contribution in [0.1, 0.15) is 24.0 Å². The van der Waals surface area contributed by atoms with Gasteiger partial charge >= 0.3 is 5.69 Å². The van der Waals surface area contributed by atoms with Crippen LogP contribution < -0.4 is 16.6 Å². The number of hydrogen-bond donors (Lipinski definition) is 1. The molecule has 0 atom stereocenters. The van der Waals surface area contributed by atoms with Gasteiger partial charge in [-0.25, -0.2) is 14.3 Å². The largest absolute Gasteiger partial charge is 0.350 e. The minimum atomic E-state index is -0.559. The fourth-order valence-corrected chi connectivity index (χ4v) is 3.99. The van der Waals surface area contributed by atoms with Gasteiger partial charge in [-0.1, -0.05) is 24.3 Å². The summed E-state index contributed by atoms with van der Waals surface area (Å²) in [6, 6.07) is 8.03. The lowest BCUT2D eigenvalue weighted by Gasteiger charge is -2.18. The number of carbonyl (C=O) groups excluding carboxylic acids is 1. The predicted molar refractivity (Wildman–Crippen MR) is 113 cm³/mol. The molecule has 1 aliphatic rings. The van der Waals surface area contributed by atoms with Gasteiger partial charge in [-0.05, 0) is 37.1 Å². The van der Waals surface area contributed by atoms with E-state index in [1.54, 1.807) is 18.7 Å². The molecule has 1 aliphatic heterocycles. The molecular weight excluding hydrogens is 384 g/mol. The Hall–Kier alpha value is -3.20. The number of fused-ring (bicyclic) bond motifs is 1. The van der Waals surface area contributed by atoms with Gasteiger partial charge in [0.25, 0.3) is 5.56 Å². The van der Waals surface area contributed by atoms with Crippen LogP contribution in [0, 0.1) is 0 Å². The lowest BCUT2D eigenvalue weighted by atomic mass is 10.1. The first-order valence-corrected chi connectivity index (χ1v) is 10.1. The van der Waals surface area contributed by atoms with Gasteiger partial charge in [0.1, 0.15) is 6.54 Å². The summed E-state index contributed by atoms with van der Waals surface area (Å²) in [6.07, 6.45) is 3.93. The highest BCUT2D eigenvalue weighted by Gasteiger charge is 2.17. The number of hydrogen-bond acceptors (Lipinski definition) is 5.